The third-order valence-electron chi connectivity index (χ3n) is 3.93. The van der Waals surface area contributed by atoms with Gasteiger partial charge in [0, 0.05) is 54.2 Å². The molecule has 4 aromatic rings. The molecule has 0 aromatic carbocycles. The van der Waals surface area contributed by atoms with Crippen LogP contribution in [0, 0.1) is 0 Å². The van der Waals surface area contributed by atoms with E-state index in [0.717, 1.165) is 34.6 Å². The van der Waals surface area contributed by atoms with E-state index in [0.29, 0.717) is 0 Å². The minimum atomic E-state index is 0.754. The highest BCUT2D eigenvalue weighted by atomic mass is 14.7. The number of hydrogen-bond acceptors (Lipinski definition) is 4. The standard InChI is InChI=1S/C21H16N4/c1-6-19(25-20(7-1)17-4-2-9-22-14-17)12-16-8-11-24-21(13-16)18-5-3-10-23-15-18/h1-11,13-15H,12H2. The van der Waals surface area contributed by atoms with Crippen LogP contribution in [0.5, 0.6) is 0 Å². The van der Waals surface area contributed by atoms with Crippen LogP contribution in [0.4, 0.5) is 0 Å². The fourth-order valence-electron chi connectivity index (χ4n) is 2.72. The Morgan fingerprint density at radius 1 is 0.680 bits per heavy atom. The van der Waals surface area contributed by atoms with E-state index >= 15 is 0 Å². The smallest absolute Gasteiger partial charge is 0.0720 e. The van der Waals surface area contributed by atoms with E-state index in [-0.39, 0.29) is 0 Å². The van der Waals surface area contributed by atoms with Crippen molar-refractivity contribution in [2.45, 2.75) is 6.42 Å². The quantitative estimate of drug-likeness (QED) is 0.565. The van der Waals surface area contributed by atoms with Gasteiger partial charge in [0.05, 0.1) is 11.4 Å². The van der Waals surface area contributed by atoms with Crippen molar-refractivity contribution in [3.63, 3.8) is 0 Å². The molecule has 0 aliphatic heterocycles. The van der Waals surface area contributed by atoms with Crippen LogP contribution >= 0.6 is 0 Å². The van der Waals surface area contributed by atoms with Gasteiger partial charge in [0.25, 0.3) is 0 Å². The van der Waals surface area contributed by atoms with E-state index in [9.17, 15) is 0 Å². The molecule has 0 radical (unpaired) electrons. The molecule has 4 heterocycles. The highest BCUT2D eigenvalue weighted by Crippen LogP contribution is 2.20. The zero-order valence-corrected chi connectivity index (χ0v) is 13.6. The summed E-state index contributed by atoms with van der Waals surface area (Å²) >= 11 is 0. The molecule has 25 heavy (non-hydrogen) atoms. The molecule has 4 nitrogen and oxygen atoms in total. The Balaban J connectivity index is 1.61. The third kappa shape index (κ3) is 3.58. The summed E-state index contributed by atoms with van der Waals surface area (Å²) in [4.78, 5) is 17.5. The molecule has 120 valence electrons. The molecule has 0 saturated carbocycles. The van der Waals surface area contributed by atoms with Gasteiger partial charge in [-0.05, 0) is 54.1 Å². The summed E-state index contributed by atoms with van der Waals surface area (Å²) in [5.41, 5.74) is 6.09. The summed E-state index contributed by atoms with van der Waals surface area (Å²) < 4.78 is 0. The Morgan fingerprint density at radius 2 is 1.44 bits per heavy atom. The molecular formula is C21H16N4. The number of pyridine rings is 4. The number of nitrogens with zero attached hydrogens (tertiary/aromatic N) is 4. The van der Waals surface area contributed by atoms with Gasteiger partial charge in [-0.15, -0.1) is 0 Å². The van der Waals surface area contributed by atoms with Crippen LogP contribution in [0.1, 0.15) is 11.3 Å². The lowest BCUT2D eigenvalue weighted by molar-refractivity contribution is 1.07. The molecule has 4 aromatic heterocycles. The fraction of sp³-hybridized carbons (Fsp3) is 0.0476. The van der Waals surface area contributed by atoms with Crippen molar-refractivity contribution in [1.82, 2.24) is 19.9 Å². The van der Waals surface area contributed by atoms with Gasteiger partial charge in [-0.2, -0.15) is 0 Å². The molecule has 0 unspecified atom stereocenters. The van der Waals surface area contributed by atoms with E-state index < -0.39 is 0 Å². The Kier molecular flexibility index (Phi) is 4.25. The number of hydrogen-bond donors (Lipinski definition) is 0. The van der Waals surface area contributed by atoms with Crippen molar-refractivity contribution < 1.29 is 0 Å². The number of aromatic nitrogens is 4. The van der Waals surface area contributed by atoms with Gasteiger partial charge in [-0.1, -0.05) is 6.07 Å². The molecule has 4 rings (SSSR count). The maximum Gasteiger partial charge on any atom is 0.0720 e. The Hall–Kier alpha value is -3.40. The van der Waals surface area contributed by atoms with E-state index in [4.69, 9.17) is 4.98 Å². The maximum absolute atomic E-state index is 4.77. The predicted octanol–water partition coefficient (Wildman–Crippen LogP) is 4.19. The largest absolute Gasteiger partial charge is 0.264 e. The van der Waals surface area contributed by atoms with E-state index in [1.165, 1.54) is 5.56 Å². The Morgan fingerprint density at radius 3 is 2.16 bits per heavy atom. The van der Waals surface area contributed by atoms with Gasteiger partial charge in [-0.25, -0.2) is 0 Å². The first kappa shape index (κ1) is 15.1. The van der Waals surface area contributed by atoms with Crippen LogP contribution in [-0.2, 0) is 6.42 Å². The van der Waals surface area contributed by atoms with Crippen LogP contribution in [0.3, 0.4) is 0 Å². The van der Waals surface area contributed by atoms with Crippen LogP contribution in [0.25, 0.3) is 22.5 Å². The Bertz CT molecular complexity index is 888. The lowest BCUT2D eigenvalue weighted by Crippen LogP contribution is -1.95. The minimum absolute atomic E-state index is 0.754. The highest BCUT2D eigenvalue weighted by molar-refractivity contribution is 5.59. The molecular weight excluding hydrogens is 308 g/mol. The average Bonchev–Trinajstić information content (AvgIpc) is 2.70. The lowest BCUT2D eigenvalue weighted by atomic mass is 10.1. The van der Waals surface area contributed by atoms with Crippen LogP contribution in [0.2, 0.25) is 0 Å². The second-order valence-electron chi connectivity index (χ2n) is 5.72. The third-order valence-corrected chi connectivity index (χ3v) is 3.93. The van der Waals surface area contributed by atoms with Gasteiger partial charge in [0.1, 0.15) is 0 Å². The van der Waals surface area contributed by atoms with Crippen molar-refractivity contribution in [2.24, 2.45) is 0 Å². The second kappa shape index (κ2) is 7.01. The van der Waals surface area contributed by atoms with E-state index in [1.54, 1.807) is 12.4 Å². The molecule has 0 saturated heterocycles. The van der Waals surface area contributed by atoms with Crippen molar-refractivity contribution in [2.75, 3.05) is 0 Å². The molecule has 0 aliphatic carbocycles. The zero-order chi connectivity index (χ0) is 16.9. The first-order valence-electron chi connectivity index (χ1n) is 8.10. The predicted molar refractivity (Wildman–Crippen MR) is 97.7 cm³/mol. The monoisotopic (exact) mass is 324 g/mol. The van der Waals surface area contributed by atoms with Crippen LogP contribution < -0.4 is 0 Å². The SMILES string of the molecule is c1cncc(-c2cc(Cc3cccc(-c4cccnc4)n3)ccn2)c1. The normalized spacial score (nSPS) is 10.6. The van der Waals surface area contributed by atoms with Crippen molar-refractivity contribution in [3.05, 3.63) is 96.8 Å². The summed E-state index contributed by atoms with van der Waals surface area (Å²) in [6, 6.07) is 18.1. The fourth-order valence-corrected chi connectivity index (χ4v) is 2.72. The van der Waals surface area contributed by atoms with Gasteiger partial charge in [0.15, 0.2) is 0 Å². The Labute approximate surface area is 146 Å². The van der Waals surface area contributed by atoms with Crippen molar-refractivity contribution >= 4 is 0 Å². The molecule has 0 bridgehead atoms. The minimum Gasteiger partial charge on any atom is -0.264 e. The molecule has 0 N–H and O–H groups in total. The second-order valence-corrected chi connectivity index (χ2v) is 5.72. The maximum atomic E-state index is 4.77. The van der Waals surface area contributed by atoms with E-state index in [2.05, 4.69) is 21.0 Å². The van der Waals surface area contributed by atoms with Crippen LogP contribution in [0.15, 0.2) is 85.6 Å². The topological polar surface area (TPSA) is 51.6 Å². The first-order chi connectivity index (χ1) is 12.4. The molecule has 4 heteroatoms. The van der Waals surface area contributed by atoms with Gasteiger partial charge < -0.3 is 0 Å². The average molecular weight is 324 g/mol. The highest BCUT2D eigenvalue weighted by Gasteiger charge is 2.05. The van der Waals surface area contributed by atoms with Crippen LogP contribution in [-0.4, -0.2) is 19.9 Å². The van der Waals surface area contributed by atoms with Crippen molar-refractivity contribution in [1.29, 1.82) is 0 Å². The molecule has 0 aliphatic rings. The van der Waals surface area contributed by atoms with E-state index in [1.807, 2.05) is 67.1 Å². The van der Waals surface area contributed by atoms with Gasteiger partial charge in [0.2, 0.25) is 0 Å². The zero-order valence-electron chi connectivity index (χ0n) is 13.6. The molecule has 0 spiro atoms. The summed E-state index contributed by atoms with van der Waals surface area (Å²) in [7, 11) is 0. The van der Waals surface area contributed by atoms with Gasteiger partial charge >= 0.3 is 0 Å². The lowest BCUT2D eigenvalue weighted by Gasteiger charge is -2.06. The summed E-state index contributed by atoms with van der Waals surface area (Å²) in [6.07, 6.45) is 9.78. The summed E-state index contributed by atoms with van der Waals surface area (Å²) in [6.45, 7) is 0. The van der Waals surface area contributed by atoms with Gasteiger partial charge in [-0.3, -0.25) is 19.9 Å². The summed E-state index contributed by atoms with van der Waals surface area (Å²) in [5, 5.41) is 0. The molecule has 0 fully saturated rings. The molecule has 0 atom stereocenters. The number of rotatable bonds is 4. The van der Waals surface area contributed by atoms with Crippen molar-refractivity contribution in [3.8, 4) is 22.5 Å². The first-order valence-corrected chi connectivity index (χ1v) is 8.10. The molecule has 0 amide bonds. The summed E-state index contributed by atoms with van der Waals surface area (Å²) in [5.74, 6) is 0.